The van der Waals surface area contributed by atoms with Crippen LogP contribution in [0.1, 0.15) is 34.5 Å². The number of carbonyl (C=O) groups excluding carboxylic acids is 2. The number of benzene rings is 2. The summed E-state index contributed by atoms with van der Waals surface area (Å²) >= 11 is 0. The Morgan fingerprint density at radius 3 is 2.62 bits per heavy atom. The maximum atomic E-state index is 13.4. The van der Waals surface area contributed by atoms with E-state index in [0.29, 0.717) is 30.1 Å². The van der Waals surface area contributed by atoms with E-state index in [-0.39, 0.29) is 11.8 Å². The van der Waals surface area contributed by atoms with E-state index >= 15 is 0 Å². The van der Waals surface area contributed by atoms with Crippen LogP contribution in [0.2, 0.25) is 0 Å². The molecule has 1 aliphatic rings. The molecule has 29 heavy (non-hydrogen) atoms. The summed E-state index contributed by atoms with van der Waals surface area (Å²) in [5, 5.41) is 3.89. The zero-order valence-corrected chi connectivity index (χ0v) is 17.2. The molecule has 2 amide bonds. The van der Waals surface area contributed by atoms with Crippen molar-refractivity contribution < 1.29 is 14.3 Å². The van der Waals surface area contributed by atoms with E-state index in [2.05, 4.69) is 5.32 Å². The van der Waals surface area contributed by atoms with Gasteiger partial charge in [-0.3, -0.25) is 9.59 Å². The lowest BCUT2D eigenvalue weighted by Gasteiger charge is -2.18. The SMILES string of the molecule is COc1ccc2c(c1)c(N1CCCC1=O)c(C(=O)Nc1cc(C)ccc1C)n2C. The third-order valence-electron chi connectivity index (χ3n) is 5.58. The maximum absolute atomic E-state index is 13.4. The predicted molar refractivity (Wildman–Crippen MR) is 115 cm³/mol. The van der Waals surface area contributed by atoms with Crippen molar-refractivity contribution >= 4 is 34.1 Å². The summed E-state index contributed by atoms with van der Waals surface area (Å²) in [4.78, 5) is 27.7. The van der Waals surface area contributed by atoms with Crippen LogP contribution < -0.4 is 15.0 Å². The summed E-state index contributed by atoms with van der Waals surface area (Å²) in [6.45, 7) is 4.57. The number of nitrogens with one attached hydrogen (secondary N) is 1. The van der Waals surface area contributed by atoms with E-state index in [1.807, 2.05) is 61.9 Å². The lowest BCUT2D eigenvalue weighted by atomic mass is 10.1. The minimum absolute atomic E-state index is 0.0427. The van der Waals surface area contributed by atoms with Crippen LogP contribution in [0.3, 0.4) is 0 Å². The molecule has 3 aromatic rings. The molecule has 0 aliphatic carbocycles. The molecule has 0 unspecified atom stereocenters. The second kappa shape index (κ2) is 7.28. The lowest BCUT2D eigenvalue weighted by molar-refractivity contribution is -0.117. The van der Waals surface area contributed by atoms with Gasteiger partial charge in [0, 0.05) is 31.1 Å². The molecule has 2 heterocycles. The standard InChI is InChI=1S/C23H25N3O3/c1-14-7-8-15(2)18(12-14)24-23(28)22-21(26-11-5-6-20(26)27)17-13-16(29-4)9-10-19(17)25(22)3/h7-10,12-13H,5-6,11H2,1-4H3,(H,24,28). The molecule has 1 aliphatic heterocycles. The van der Waals surface area contributed by atoms with Crippen LogP contribution in [0, 0.1) is 13.8 Å². The molecule has 4 rings (SSSR count). The maximum Gasteiger partial charge on any atom is 0.274 e. The smallest absolute Gasteiger partial charge is 0.274 e. The normalized spacial score (nSPS) is 13.9. The van der Waals surface area contributed by atoms with Crippen molar-refractivity contribution in [2.24, 2.45) is 7.05 Å². The highest BCUT2D eigenvalue weighted by molar-refractivity contribution is 6.17. The number of methoxy groups -OCH3 is 1. The van der Waals surface area contributed by atoms with Crippen LogP contribution in [0.25, 0.3) is 10.9 Å². The van der Waals surface area contributed by atoms with Crippen molar-refractivity contribution in [1.29, 1.82) is 0 Å². The number of aromatic nitrogens is 1. The van der Waals surface area contributed by atoms with Crippen LogP contribution in [-0.4, -0.2) is 30.0 Å². The minimum atomic E-state index is -0.230. The van der Waals surface area contributed by atoms with Gasteiger partial charge in [-0.05, 0) is 55.7 Å². The number of aryl methyl sites for hydroxylation is 3. The van der Waals surface area contributed by atoms with Gasteiger partial charge in [-0.1, -0.05) is 12.1 Å². The molecule has 1 aromatic heterocycles. The molecular weight excluding hydrogens is 366 g/mol. The van der Waals surface area contributed by atoms with Crippen LogP contribution in [0.5, 0.6) is 5.75 Å². The lowest BCUT2D eigenvalue weighted by Crippen LogP contribution is -2.27. The van der Waals surface area contributed by atoms with Crippen molar-refractivity contribution in [3.8, 4) is 5.75 Å². The van der Waals surface area contributed by atoms with Crippen molar-refractivity contribution in [2.45, 2.75) is 26.7 Å². The van der Waals surface area contributed by atoms with Gasteiger partial charge in [-0.25, -0.2) is 0 Å². The largest absolute Gasteiger partial charge is 0.497 e. The van der Waals surface area contributed by atoms with Crippen molar-refractivity contribution in [3.05, 3.63) is 53.2 Å². The third-order valence-corrected chi connectivity index (χ3v) is 5.58. The second-order valence-corrected chi connectivity index (χ2v) is 7.56. The van der Waals surface area contributed by atoms with E-state index in [9.17, 15) is 9.59 Å². The molecule has 0 atom stereocenters. The van der Waals surface area contributed by atoms with Gasteiger partial charge in [0.2, 0.25) is 5.91 Å². The summed E-state index contributed by atoms with van der Waals surface area (Å²) in [5.74, 6) is 0.504. The Kier molecular flexibility index (Phi) is 4.78. The monoisotopic (exact) mass is 391 g/mol. The average molecular weight is 391 g/mol. The number of hydrogen-bond acceptors (Lipinski definition) is 3. The van der Waals surface area contributed by atoms with E-state index in [1.165, 1.54) is 0 Å². The summed E-state index contributed by atoms with van der Waals surface area (Å²) < 4.78 is 7.24. The van der Waals surface area contributed by atoms with Gasteiger partial charge in [0.05, 0.1) is 18.3 Å². The molecule has 2 aromatic carbocycles. The van der Waals surface area contributed by atoms with Gasteiger partial charge < -0.3 is 19.5 Å². The topological polar surface area (TPSA) is 63.6 Å². The number of anilines is 2. The third kappa shape index (κ3) is 3.24. The number of hydrogen-bond donors (Lipinski definition) is 1. The summed E-state index contributed by atoms with van der Waals surface area (Å²) in [7, 11) is 3.47. The van der Waals surface area contributed by atoms with E-state index < -0.39 is 0 Å². The molecule has 0 spiro atoms. The Bertz CT molecular complexity index is 1130. The molecule has 0 radical (unpaired) electrons. The summed E-state index contributed by atoms with van der Waals surface area (Å²) in [6.07, 6.45) is 1.29. The zero-order chi connectivity index (χ0) is 20.7. The Hall–Kier alpha value is -3.28. The van der Waals surface area contributed by atoms with Gasteiger partial charge in [-0.15, -0.1) is 0 Å². The highest BCUT2D eigenvalue weighted by Crippen LogP contribution is 2.38. The quantitative estimate of drug-likeness (QED) is 0.726. The zero-order valence-electron chi connectivity index (χ0n) is 17.2. The summed E-state index contributed by atoms with van der Waals surface area (Å²) in [6, 6.07) is 11.6. The number of rotatable bonds is 4. The molecule has 0 saturated carbocycles. The number of nitrogens with zero attached hydrogens (tertiary/aromatic N) is 2. The van der Waals surface area contributed by atoms with E-state index in [0.717, 1.165) is 34.1 Å². The first-order valence-corrected chi connectivity index (χ1v) is 9.76. The van der Waals surface area contributed by atoms with Gasteiger partial charge in [0.15, 0.2) is 0 Å². The highest BCUT2D eigenvalue weighted by Gasteiger charge is 2.31. The molecule has 150 valence electrons. The fourth-order valence-corrected chi connectivity index (χ4v) is 4.00. The van der Waals surface area contributed by atoms with Crippen LogP contribution in [0.4, 0.5) is 11.4 Å². The first-order valence-electron chi connectivity index (χ1n) is 9.76. The Morgan fingerprint density at radius 2 is 1.93 bits per heavy atom. The van der Waals surface area contributed by atoms with Crippen LogP contribution in [-0.2, 0) is 11.8 Å². The first kappa shape index (κ1) is 19.1. The van der Waals surface area contributed by atoms with Crippen LogP contribution in [0.15, 0.2) is 36.4 Å². The molecule has 0 bridgehead atoms. The van der Waals surface area contributed by atoms with Gasteiger partial charge in [0.1, 0.15) is 11.4 Å². The number of amides is 2. The first-order chi connectivity index (χ1) is 13.9. The van der Waals surface area contributed by atoms with E-state index in [4.69, 9.17) is 4.74 Å². The molecular formula is C23H25N3O3. The number of fused-ring (bicyclic) bond motifs is 1. The Labute approximate surface area is 170 Å². The fourth-order valence-electron chi connectivity index (χ4n) is 4.00. The Balaban J connectivity index is 1.88. The molecule has 1 saturated heterocycles. The van der Waals surface area contributed by atoms with Gasteiger partial charge >= 0.3 is 0 Å². The van der Waals surface area contributed by atoms with Crippen LogP contribution >= 0.6 is 0 Å². The highest BCUT2D eigenvalue weighted by atomic mass is 16.5. The van der Waals surface area contributed by atoms with Crippen molar-refractivity contribution in [1.82, 2.24) is 4.57 Å². The molecule has 1 N–H and O–H groups in total. The summed E-state index contributed by atoms with van der Waals surface area (Å²) in [5.41, 5.74) is 4.85. The van der Waals surface area contributed by atoms with Crippen molar-refractivity contribution in [2.75, 3.05) is 23.9 Å². The molecule has 6 nitrogen and oxygen atoms in total. The Morgan fingerprint density at radius 1 is 1.14 bits per heavy atom. The van der Waals surface area contributed by atoms with Gasteiger partial charge in [-0.2, -0.15) is 0 Å². The number of carbonyl (C=O) groups is 2. The predicted octanol–water partition coefficient (Wildman–Crippen LogP) is 4.18. The molecule has 1 fully saturated rings. The van der Waals surface area contributed by atoms with Crippen molar-refractivity contribution in [3.63, 3.8) is 0 Å². The van der Waals surface area contributed by atoms with E-state index in [1.54, 1.807) is 12.0 Å². The fraction of sp³-hybridized carbons (Fsp3) is 0.304. The average Bonchev–Trinajstić information content (AvgIpc) is 3.24. The molecule has 6 heteroatoms. The second-order valence-electron chi connectivity index (χ2n) is 7.56. The van der Waals surface area contributed by atoms with Gasteiger partial charge in [0.25, 0.3) is 5.91 Å². The number of ether oxygens (including phenoxy) is 1. The minimum Gasteiger partial charge on any atom is -0.497 e.